The van der Waals surface area contributed by atoms with E-state index in [-0.39, 0.29) is 6.10 Å². The Balaban J connectivity index is 1.99. The van der Waals surface area contributed by atoms with Crippen LogP contribution in [0.2, 0.25) is 0 Å². The van der Waals surface area contributed by atoms with Gasteiger partial charge in [0.25, 0.3) is 0 Å². The molecule has 0 amide bonds. The van der Waals surface area contributed by atoms with Gasteiger partial charge < -0.3 is 10.1 Å². The SMILES string of the molecule is CCNCc1sccc1S(=O)(=O)NCC1CCCO1. The number of ether oxygens (including phenoxy) is 1. The van der Waals surface area contributed by atoms with Crippen molar-refractivity contribution in [2.75, 3.05) is 19.7 Å². The van der Waals surface area contributed by atoms with Crippen LogP contribution in [0.5, 0.6) is 0 Å². The zero-order chi connectivity index (χ0) is 13.7. The summed E-state index contributed by atoms with van der Waals surface area (Å²) in [7, 11) is -3.43. The maximum atomic E-state index is 12.2. The standard InChI is InChI=1S/C12H20N2O3S2/c1-2-13-9-11-12(5-7-18-11)19(15,16)14-8-10-4-3-6-17-10/h5,7,10,13-14H,2-4,6,8-9H2,1H3. The largest absolute Gasteiger partial charge is 0.377 e. The molecule has 1 unspecified atom stereocenters. The van der Waals surface area contributed by atoms with Crippen LogP contribution in [0.4, 0.5) is 0 Å². The lowest BCUT2D eigenvalue weighted by Gasteiger charge is -2.12. The molecular weight excluding hydrogens is 284 g/mol. The molecule has 0 bridgehead atoms. The van der Waals surface area contributed by atoms with Crippen molar-refractivity contribution in [2.45, 2.75) is 37.3 Å². The lowest BCUT2D eigenvalue weighted by atomic mass is 10.2. The molecule has 1 aromatic rings. The van der Waals surface area contributed by atoms with Crippen LogP contribution in [-0.4, -0.2) is 34.2 Å². The molecule has 108 valence electrons. The third-order valence-electron chi connectivity index (χ3n) is 3.05. The van der Waals surface area contributed by atoms with Gasteiger partial charge in [0.1, 0.15) is 0 Å². The van der Waals surface area contributed by atoms with E-state index in [1.807, 2.05) is 12.3 Å². The first kappa shape index (κ1) is 14.9. The molecule has 0 radical (unpaired) electrons. The molecule has 7 heteroatoms. The molecule has 0 aromatic carbocycles. The van der Waals surface area contributed by atoms with Crippen molar-refractivity contribution < 1.29 is 13.2 Å². The number of sulfonamides is 1. The van der Waals surface area contributed by atoms with E-state index in [4.69, 9.17) is 4.74 Å². The summed E-state index contributed by atoms with van der Waals surface area (Å²) in [5.74, 6) is 0. The van der Waals surface area contributed by atoms with Gasteiger partial charge in [0.15, 0.2) is 0 Å². The normalized spacial score (nSPS) is 19.9. The molecule has 1 aromatic heterocycles. The Bertz CT molecular complexity index is 493. The smallest absolute Gasteiger partial charge is 0.241 e. The number of nitrogens with one attached hydrogen (secondary N) is 2. The van der Waals surface area contributed by atoms with Gasteiger partial charge in [-0.3, -0.25) is 0 Å². The van der Waals surface area contributed by atoms with Gasteiger partial charge in [-0.25, -0.2) is 13.1 Å². The first-order valence-corrected chi connectivity index (χ1v) is 8.88. The maximum Gasteiger partial charge on any atom is 0.241 e. The minimum atomic E-state index is -3.43. The van der Waals surface area contributed by atoms with Crippen molar-refractivity contribution in [3.05, 3.63) is 16.3 Å². The van der Waals surface area contributed by atoms with Crippen molar-refractivity contribution in [1.29, 1.82) is 0 Å². The van der Waals surface area contributed by atoms with E-state index in [0.29, 0.717) is 18.0 Å². The Kier molecular flexibility index (Phi) is 5.35. The van der Waals surface area contributed by atoms with Gasteiger partial charge in [-0.15, -0.1) is 11.3 Å². The Hall–Kier alpha value is -0.470. The minimum absolute atomic E-state index is 0.0191. The summed E-state index contributed by atoms with van der Waals surface area (Å²) in [5, 5.41) is 4.97. The second kappa shape index (κ2) is 6.81. The Morgan fingerprint density at radius 3 is 3.05 bits per heavy atom. The van der Waals surface area contributed by atoms with Gasteiger partial charge in [0, 0.05) is 24.6 Å². The van der Waals surface area contributed by atoms with Crippen molar-refractivity contribution >= 4 is 21.4 Å². The predicted octanol–water partition coefficient (Wildman–Crippen LogP) is 1.31. The van der Waals surface area contributed by atoms with Crippen LogP contribution >= 0.6 is 11.3 Å². The van der Waals surface area contributed by atoms with E-state index in [9.17, 15) is 8.42 Å². The first-order valence-electron chi connectivity index (χ1n) is 6.52. The van der Waals surface area contributed by atoms with E-state index in [2.05, 4.69) is 10.0 Å². The molecule has 1 saturated heterocycles. The van der Waals surface area contributed by atoms with Crippen LogP contribution in [0.1, 0.15) is 24.6 Å². The molecule has 2 rings (SSSR count). The van der Waals surface area contributed by atoms with Gasteiger partial charge >= 0.3 is 0 Å². The topological polar surface area (TPSA) is 67.4 Å². The summed E-state index contributed by atoms with van der Waals surface area (Å²) in [6, 6.07) is 1.66. The lowest BCUT2D eigenvalue weighted by molar-refractivity contribution is 0.114. The average molecular weight is 304 g/mol. The van der Waals surface area contributed by atoms with Crippen molar-refractivity contribution in [2.24, 2.45) is 0 Å². The fourth-order valence-corrected chi connectivity index (χ4v) is 4.50. The van der Waals surface area contributed by atoms with E-state index < -0.39 is 10.0 Å². The summed E-state index contributed by atoms with van der Waals surface area (Å²) >= 11 is 1.46. The second-order valence-electron chi connectivity index (χ2n) is 4.48. The van der Waals surface area contributed by atoms with Crippen molar-refractivity contribution in [3.8, 4) is 0 Å². The van der Waals surface area contributed by atoms with Crippen LogP contribution < -0.4 is 10.0 Å². The predicted molar refractivity (Wildman–Crippen MR) is 75.9 cm³/mol. The van der Waals surface area contributed by atoms with Crippen LogP contribution in [0.15, 0.2) is 16.3 Å². The van der Waals surface area contributed by atoms with Crippen molar-refractivity contribution in [3.63, 3.8) is 0 Å². The van der Waals surface area contributed by atoms with Gasteiger partial charge in [-0.1, -0.05) is 6.92 Å². The Morgan fingerprint density at radius 2 is 2.37 bits per heavy atom. The molecule has 5 nitrogen and oxygen atoms in total. The average Bonchev–Trinajstić information content (AvgIpc) is 3.05. The first-order chi connectivity index (χ1) is 9.13. The van der Waals surface area contributed by atoms with Crippen LogP contribution in [0, 0.1) is 0 Å². The number of hydrogen-bond donors (Lipinski definition) is 2. The fourth-order valence-electron chi connectivity index (χ4n) is 2.02. The van der Waals surface area contributed by atoms with Gasteiger partial charge in [-0.05, 0) is 30.8 Å². The zero-order valence-corrected chi connectivity index (χ0v) is 12.6. The molecule has 1 atom stereocenters. The maximum absolute atomic E-state index is 12.2. The summed E-state index contributed by atoms with van der Waals surface area (Å²) in [4.78, 5) is 1.23. The van der Waals surface area contributed by atoms with E-state index >= 15 is 0 Å². The Morgan fingerprint density at radius 1 is 1.53 bits per heavy atom. The molecular formula is C12H20N2O3S2. The van der Waals surface area contributed by atoms with E-state index in [1.165, 1.54) is 11.3 Å². The van der Waals surface area contributed by atoms with Gasteiger partial charge in [-0.2, -0.15) is 0 Å². The van der Waals surface area contributed by atoms with Crippen LogP contribution in [0.3, 0.4) is 0 Å². The molecule has 0 spiro atoms. The molecule has 0 saturated carbocycles. The second-order valence-corrected chi connectivity index (χ2v) is 7.21. The molecule has 19 heavy (non-hydrogen) atoms. The van der Waals surface area contributed by atoms with E-state index in [1.54, 1.807) is 6.07 Å². The number of rotatable bonds is 7. The fraction of sp³-hybridized carbons (Fsp3) is 0.667. The number of hydrogen-bond acceptors (Lipinski definition) is 5. The Labute approximate surface area is 118 Å². The quantitative estimate of drug-likeness (QED) is 0.797. The number of thiophene rings is 1. The molecule has 2 N–H and O–H groups in total. The lowest BCUT2D eigenvalue weighted by Crippen LogP contribution is -2.32. The summed E-state index contributed by atoms with van der Waals surface area (Å²) in [6.45, 7) is 4.50. The molecule has 0 aliphatic carbocycles. The molecule has 1 aliphatic heterocycles. The molecule has 1 aliphatic rings. The molecule has 1 fully saturated rings. The third kappa shape index (κ3) is 4.00. The third-order valence-corrected chi connectivity index (χ3v) is 5.61. The minimum Gasteiger partial charge on any atom is -0.377 e. The van der Waals surface area contributed by atoms with E-state index in [0.717, 1.165) is 30.9 Å². The van der Waals surface area contributed by atoms with Crippen molar-refractivity contribution in [1.82, 2.24) is 10.0 Å². The summed E-state index contributed by atoms with van der Waals surface area (Å²) < 4.78 is 32.6. The highest BCUT2D eigenvalue weighted by atomic mass is 32.2. The van der Waals surface area contributed by atoms with Gasteiger partial charge in [0.2, 0.25) is 10.0 Å². The highest BCUT2D eigenvalue weighted by molar-refractivity contribution is 7.89. The monoisotopic (exact) mass is 304 g/mol. The summed E-state index contributed by atoms with van der Waals surface area (Å²) in [6.07, 6.45) is 1.96. The highest BCUT2D eigenvalue weighted by Crippen LogP contribution is 2.22. The van der Waals surface area contributed by atoms with Crippen LogP contribution in [-0.2, 0) is 21.3 Å². The van der Waals surface area contributed by atoms with Crippen LogP contribution in [0.25, 0.3) is 0 Å². The highest BCUT2D eigenvalue weighted by Gasteiger charge is 2.22. The van der Waals surface area contributed by atoms with Gasteiger partial charge in [0.05, 0.1) is 11.0 Å². The zero-order valence-electron chi connectivity index (χ0n) is 11.0. The molecule has 2 heterocycles. The summed E-state index contributed by atoms with van der Waals surface area (Å²) in [5.41, 5.74) is 0.